The van der Waals surface area contributed by atoms with Crippen molar-refractivity contribution >= 4 is 18.6 Å². The summed E-state index contributed by atoms with van der Waals surface area (Å²) in [6.45, 7) is 4.10. The van der Waals surface area contributed by atoms with Gasteiger partial charge < -0.3 is 4.74 Å². The van der Waals surface area contributed by atoms with Crippen molar-refractivity contribution in [2.45, 2.75) is 31.6 Å². The number of benzene rings is 1. The van der Waals surface area contributed by atoms with E-state index in [9.17, 15) is 4.79 Å². The maximum Gasteiger partial charge on any atom is 0.310 e. The first-order valence-electron chi connectivity index (χ1n) is 5.52. The fourth-order valence-electron chi connectivity index (χ4n) is 1.70. The van der Waals surface area contributed by atoms with Gasteiger partial charge in [-0.25, -0.2) is 0 Å². The quantitative estimate of drug-likeness (QED) is 0.659. The van der Waals surface area contributed by atoms with Crippen LogP contribution in [0, 0.1) is 11.3 Å². The van der Waals surface area contributed by atoms with Crippen LogP contribution in [0.3, 0.4) is 0 Å². The largest absolute Gasteiger partial charge is 0.466 e. The van der Waals surface area contributed by atoms with E-state index in [2.05, 4.69) is 18.7 Å². The number of hydrogen-bond acceptors (Lipinski definition) is 4. The minimum absolute atomic E-state index is 0.147. The Labute approximate surface area is 107 Å². The molecule has 0 fully saturated rings. The smallest absolute Gasteiger partial charge is 0.310 e. The molecule has 3 nitrogen and oxygen atoms in total. The lowest BCUT2D eigenvalue weighted by molar-refractivity contribution is -0.142. The zero-order valence-corrected chi connectivity index (χ0v) is 10.9. The van der Waals surface area contributed by atoms with Crippen molar-refractivity contribution < 1.29 is 9.53 Å². The summed E-state index contributed by atoms with van der Waals surface area (Å²) in [5, 5.41) is 9.07. The lowest BCUT2D eigenvalue weighted by atomic mass is 9.97. The van der Waals surface area contributed by atoms with Crippen molar-refractivity contribution in [1.82, 2.24) is 0 Å². The summed E-state index contributed by atoms with van der Waals surface area (Å²) in [5.74, 6) is -0.300. The number of ether oxygens (including phenoxy) is 1. The van der Waals surface area contributed by atoms with Crippen LogP contribution in [0.25, 0.3) is 0 Å². The summed E-state index contributed by atoms with van der Waals surface area (Å²) >= 11 is 4.24. The molecule has 0 unspecified atom stereocenters. The van der Waals surface area contributed by atoms with Crippen LogP contribution in [0.1, 0.15) is 30.5 Å². The zero-order chi connectivity index (χ0) is 12.8. The Hall–Kier alpha value is -1.47. The number of nitrogens with zero attached hydrogens (tertiary/aromatic N) is 1. The van der Waals surface area contributed by atoms with Crippen molar-refractivity contribution in [3.8, 4) is 6.07 Å². The molecule has 4 heteroatoms. The fourth-order valence-corrected chi connectivity index (χ4v) is 1.98. The summed E-state index contributed by atoms with van der Waals surface area (Å²) in [4.78, 5) is 12.2. The molecule has 0 spiro atoms. The normalized spacial score (nSPS) is 9.76. The molecule has 0 N–H and O–H groups in total. The molecule has 0 saturated heterocycles. The molecular weight excluding hydrogens is 234 g/mol. The van der Waals surface area contributed by atoms with Gasteiger partial charge in [0.2, 0.25) is 0 Å². The summed E-state index contributed by atoms with van der Waals surface area (Å²) in [5.41, 5.74) is 2.23. The second-order valence-electron chi connectivity index (χ2n) is 3.58. The van der Waals surface area contributed by atoms with Crippen LogP contribution in [0.4, 0.5) is 0 Å². The van der Waals surface area contributed by atoms with Gasteiger partial charge in [0.25, 0.3) is 0 Å². The van der Waals surface area contributed by atoms with Gasteiger partial charge in [-0.2, -0.15) is 5.26 Å². The van der Waals surface area contributed by atoms with Crippen LogP contribution in [0.2, 0.25) is 0 Å². The van der Waals surface area contributed by atoms with Gasteiger partial charge in [0.05, 0.1) is 24.7 Å². The Morgan fingerprint density at radius 2 is 2.18 bits per heavy atom. The molecule has 0 aromatic heterocycles. The van der Waals surface area contributed by atoms with Gasteiger partial charge in [0.15, 0.2) is 0 Å². The van der Waals surface area contributed by atoms with Crippen LogP contribution in [-0.2, 0) is 22.4 Å². The SMILES string of the molecule is CCOC(=O)Cc1c(C#N)cc(S)cc1CC. The van der Waals surface area contributed by atoms with E-state index < -0.39 is 0 Å². The highest BCUT2D eigenvalue weighted by molar-refractivity contribution is 7.80. The summed E-state index contributed by atoms with van der Waals surface area (Å²) in [6, 6.07) is 5.67. The van der Waals surface area contributed by atoms with E-state index in [4.69, 9.17) is 10.00 Å². The number of rotatable bonds is 4. The number of thiol groups is 1. The van der Waals surface area contributed by atoms with Crippen LogP contribution in [0.15, 0.2) is 17.0 Å². The van der Waals surface area contributed by atoms with E-state index in [1.54, 1.807) is 13.0 Å². The number of esters is 1. The number of carbonyl (C=O) groups excluding carboxylic acids is 1. The highest BCUT2D eigenvalue weighted by Gasteiger charge is 2.13. The maximum absolute atomic E-state index is 11.5. The molecule has 1 aromatic carbocycles. The van der Waals surface area contributed by atoms with Crippen molar-refractivity contribution in [2.24, 2.45) is 0 Å². The number of nitriles is 1. The van der Waals surface area contributed by atoms with E-state index in [1.165, 1.54) is 0 Å². The summed E-state index contributed by atoms with van der Waals surface area (Å²) < 4.78 is 4.91. The Kier molecular flexibility index (Phi) is 5.05. The maximum atomic E-state index is 11.5. The highest BCUT2D eigenvalue weighted by atomic mass is 32.1. The standard InChI is InChI=1S/C13H15NO2S/c1-3-9-5-11(17)6-10(8-14)12(9)7-13(15)16-4-2/h5-6,17H,3-4,7H2,1-2H3. The average molecular weight is 249 g/mol. The van der Waals surface area contributed by atoms with E-state index in [0.717, 1.165) is 22.4 Å². The number of aryl methyl sites for hydroxylation is 1. The molecule has 0 radical (unpaired) electrons. The molecule has 0 aliphatic carbocycles. The average Bonchev–Trinajstić information content (AvgIpc) is 2.31. The molecule has 1 rings (SSSR count). The Morgan fingerprint density at radius 1 is 1.47 bits per heavy atom. The molecule has 0 aliphatic rings. The Morgan fingerprint density at radius 3 is 2.71 bits per heavy atom. The van der Waals surface area contributed by atoms with Crippen LogP contribution >= 0.6 is 12.6 Å². The lowest BCUT2D eigenvalue weighted by Crippen LogP contribution is -2.10. The molecule has 1 aromatic rings. The lowest BCUT2D eigenvalue weighted by Gasteiger charge is -2.10. The molecular formula is C13H15NO2S. The molecule has 17 heavy (non-hydrogen) atoms. The van der Waals surface area contributed by atoms with Crippen molar-refractivity contribution in [3.05, 3.63) is 28.8 Å². The fraction of sp³-hybridized carbons (Fsp3) is 0.385. The highest BCUT2D eigenvalue weighted by Crippen LogP contribution is 2.21. The third-order valence-electron chi connectivity index (χ3n) is 2.45. The monoisotopic (exact) mass is 249 g/mol. The van der Waals surface area contributed by atoms with Gasteiger partial charge in [-0.1, -0.05) is 6.92 Å². The third kappa shape index (κ3) is 3.50. The first-order valence-corrected chi connectivity index (χ1v) is 5.97. The minimum Gasteiger partial charge on any atom is -0.466 e. The van der Waals surface area contributed by atoms with Gasteiger partial charge in [0.1, 0.15) is 0 Å². The molecule has 0 bridgehead atoms. The predicted molar refractivity (Wildman–Crippen MR) is 68.1 cm³/mol. The van der Waals surface area contributed by atoms with Crippen LogP contribution in [0.5, 0.6) is 0 Å². The van der Waals surface area contributed by atoms with Crippen LogP contribution < -0.4 is 0 Å². The van der Waals surface area contributed by atoms with E-state index in [0.29, 0.717) is 12.2 Å². The molecule has 0 amide bonds. The van der Waals surface area contributed by atoms with Crippen molar-refractivity contribution in [3.63, 3.8) is 0 Å². The van der Waals surface area contributed by atoms with Gasteiger partial charge in [0, 0.05) is 4.90 Å². The van der Waals surface area contributed by atoms with Crippen molar-refractivity contribution in [2.75, 3.05) is 6.61 Å². The third-order valence-corrected chi connectivity index (χ3v) is 2.71. The summed E-state index contributed by atoms with van der Waals surface area (Å²) in [7, 11) is 0. The molecule has 90 valence electrons. The van der Waals surface area contributed by atoms with E-state index in [1.807, 2.05) is 13.0 Å². The van der Waals surface area contributed by atoms with E-state index >= 15 is 0 Å². The molecule has 0 aliphatic heterocycles. The first kappa shape index (κ1) is 13.6. The minimum atomic E-state index is -0.300. The van der Waals surface area contributed by atoms with E-state index in [-0.39, 0.29) is 12.4 Å². The Bertz CT molecular complexity index is 463. The van der Waals surface area contributed by atoms with Gasteiger partial charge >= 0.3 is 5.97 Å². The molecule has 0 heterocycles. The second kappa shape index (κ2) is 6.31. The van der Waals surface area contributed by atoms with Crippen LogP contribution in [-0.4, -0.2) is 12.6 Å². The Balaban J connectivity index is 3.12. The predicted octanol–water partition coefficient (Wildman–Crippen LogP) is 2.51. The zero-order valence-electron chi connectivity index (χ0n) is 9.99. The number of hydrogen-bond donors (Lipinski definition) is 1. The molecule has 0 atom stereocenters. The topological polar surface area (TPSA) is 50.1 Å². The molecule has 0 saturated carbocycles. The van der Waals surface area contributed by atoms with Gasteiger partial charge in [-0.15, -0.1) is 12.6 Å². The van der Waals surface area contributed by atoms with Crippen molar-refractivity contribution in [1.29, 1.82) is 5.26 Å². The second-order valence-corrected chi connectivity index (χ2v) is 4.09. The van der Waals surface area contributed by atoms with Gasteiger partial charge in [-0.3, -0.25) is 4.79 Å². The van der Waals surface area contributed by atoms with Gasteiger partial charge in [-0.05, 0) is 36.6 Å². The summed E-state index contributed by atoms with van der Waals surface area (Å²) in [6.07, 6.45) is 0.909. The first-order chi connectivity index (χ1) is 8.12. The number of carbonyl (C=O) groups is 1.